The number of hydrogen-bond acceptors (Lipinski definition) is 4. The third-order valence-electron chi connectivity index (χ3n) is 3.22. The summed E-state index contributed by atoms with van der Waals surface area (Å²) in [6, 6.07) is 8.14. The number of hydrogen-bond donors (Lipinski definition) is 2. The standard InChI is InChI=1S/C16H24N2O2S/c1-12(2)20-10-13-4-3-5-14(8-13)18-16(19)9-15-11-21-7-6-17-15/h3-5,8,12,15,17H,6-7,9-11H2,1-2H3,(H,18,19). The summed E-state index contributed by atoms with van der Waals surface area (Å²) in [5.41, 5.74) is 1.92. The van der Waals surface area contributed by atoms with Crippen molar-refractivity contribution in [2.45, 2.75) is 39.0 Å². The number of amides is 1. The summed E-state index contributed by atoms with van der Waals surface area (Å²) in [4.78, 5) is 12.1. The van der Waals surface area contributed by atoms with E-state index < -0.39 is 0 Å². The fraction of sp³-hybridized carbons (Fsp3) is 0.562. The summed E-state index contributed by atoms with van der Waals surface area (Å²) < 4.78 is 5.58. The van der Waals surface area contributed by atoms with Crippen LogP contribution in [0.4, 0.5) is 5.69 Å². The number of carbonyl (C=O) groups is 1. The Kier molecular flexibility index (Phi) is 6.54. The van der Waals surface area contributed by atoms with Gasteiger partial charge in [0.25, 0.3) is 0 Å². The first-order valence-corrected chi connectivity index (χ1v) is 8.60. The van der Waals surface area contributed by atoms with Crippen molar-refractivity contribution in [1.82, 2.24) is 5.32 Å². The van der Waals surface area contributed by atoms with E-state index in [0.29, 0.717) is 13.0 Å². The second kappa shape index (κ2) is 8.41. The average Bonchev–Trinajstić information content (AvgIpc) is 2.46. The van der Waals surface area contributed by atoms with Gasteiger partial charge in [0, 0.05) is 36.2 Å². The third kappa shape index (κ3) is 6.08. The van der Waals surface area contributed by atoms with E-state index in [1.165, 1.54) is 0 Å². The van der Waals surface area contributed by atoms with Crippen LogP contribution in [-0.2, 0) is 16.1 Å². The molecule has 1 amide bonds. The number of benzene rings is 1. The smallest absolute Gasteiger partial charge is 0.225 e. The van der Waals surface area contributed by atoms with Crippen molar-refractivity contribution in [2.24, 2.45) is 0 Å². The molecule has 0 bridgehead atoms. The fourth-order valence-corrected chi connectivity index (χ4v) is 3.14. The molecule has 1 aromatic carbocycles. The van der Waals surface area contributed by atoms with Crippen LogP contribution in [0.1, 0.15) is 25.8 Å². The Morgan fingerprint density at radius 3 is 3.10 bits per heavy atom. The lowest BCUT2D eigenvalue weighted by molar-refractivity contribution is -0.116. The molecule has 0 spiro atoms. The second-order valence-electron chi connectivity index (χ2n) is 5.54. The first-order chi connectivity index (χ1) is 10.1. The van der Waals surface area contributed by atoms with Crippen molar-refractivity contribution >= 4 is 23.4 Å². The molecule has 1 heterocycles. The molecule has 1 fully saturated rings. The average molecular weight is 308 g/mol. The van der Waals surface area contributed by atoms with Crippen LogP contribution in [0.15, 0.2) is 24.3 Å². The van der Waals surface area contributed by atoms with Crippen molar-refractivity contribution in [3.63, 3.8) is 0 Å². The highest BCUT2D eigenvalue weighted by atomic mass is 32.2. The van der Waals surface area contributed by atoms with E-state index in [9.17, 15) is 4.79 Å². The van der Waals surface area contributed by atoms with Gasteiger partial charge in [-0.3, -0.25) is 4.79 Å². The molecule has 5 heteroatoms. The van der Waals surface area contributed by atoms with Gasteiger partial charge in [-0.15, -0.1) is 0 Å². The van der Waals surface area contributed by atoms with Crippen molar-refractivity contribution in [3.8, 4) is 0 Å². The Morgan fingerprint density at radius 1 is 1.52 bits per heavy atom. The lowest BCUT2D eigenvalue weighted by Gasteiger charge is -2.22. The minimum absolute atomic E-state index is 0.0666. The maximum Gasteiger partial charge on any atom is 0.225 e. The normalized spacial score (nSPS) is 18.7. The van der Waals surface area contributed by atoms with Crippen molar-refractivity contribution < 1.29 is 9.53 Å². The zero-order chi connectivity index (χ0) is 15.1. The van der Waals surface area contributed by atoms with Crippen molar-refractivity contribution in [1.29, 1.82) is 0 Å². The number of ether oxygens (including phenoxy) is 1. The first-order valence-electron chi connectivity index (χ1n) is 7.45. The van der Waals surface area contributed by atoms with Gasteiger partial charge in [0.2, 0.25) is 5.91 Å². The van der Waals surface area contributed by atoms with E-state index >= 15 is 0 Å². The highest BCUT2D eigenvalue weighted by Gasteiger charge is 2.16. The van der Waals surface area contributed by atoms with Crippen LogP contribution in [0.3, 0.4) is 0 Å². The summed E-state index contributed by atoms with van der Waals surface area (Å²) in [7, 11) is 0. The lowest BCUT2D eigenvalue weighted by Crippen LogP contribution is -2.39. The van der Waals surface area contributed by atoms with Gasteiger partial charge < -0.3 is 15.4 Å². The van der Waals surface area contributed by atoms with Gasteiger partial charge in [-0.2, -0.15) is 11.8 Å². The summed E-state index contributed by atoms with van der Waals surface area (Å²) >= 11 is 1.90. The maximum absolute atomic E-state index is 12.1. The minimum Gasteiger partial charge on any atom is -0.374 e. The molecule has 1 atom stereocenters. The van der Waals surface area contributed by atoms with E-state index in [2.05, 4.69) is 10.6 Å². The van der Waals surface area contributed by atoms with Crippen molar-refractivity contribution in [2.75, 3.05) is 23.4 Å². The Morgan fingerprint density at radius 2 is 2.38 bits per heavy atom. The molecule has 0 radical (unpaired) electrons. The molecular formula is C16H24N2O2S. The van der Waals surface area contributed by atoms with Crippen LogP contribution in [0.2, 0.25) is 0 Å². The first kappa shape index (κ1) is 16.3. The molecule has 2 N–H and O–H groups in total. The van der Waals surface area contributed by atoms with Crippen LogP contribution in [0.5, 0.6) is 0 Å². The minimum atomic E-state index is 0.0666. The molecule has 1 saturated heterocycles. The van der Waals surface area contributed by atoms with Gasteiger partial charge in [0.1, 0.15) is 0 Å². The van der Waals surface area contributed by atoms with E-state index in [1.807, 2.05) is 49.9 Å². The van der Waals surface area contributed by atoms with Gasteiger partial charge in [0.05, 0.1) is 12.7 Å². The van der Waals surface area contributed by atoms with E-state index in [1.54, 1.807) is 0 Å². The highest BCUT2D eigenvalue weighted by Crippen LogP contribution is 2.14. The quantitative estimate of drug-likeness (QED) is 0.848. The van der Waals surface area contributed by atoms with Crippen molar-refractivity contribution in [3.05, 3.63) is 29.8 Å². The van der Waals surface area contributed by atoms with Gasteiger partial charge in [-0.05, 0) is 31.5 Å². The third-order valence-corrected chi connectivity index (χ3v) is 4.36. The number of thioether (sulfide) groups is 1. The van der Waals surface area contributed by atoms with Gasteiger partial charge >= 0.3 is 0 Å². The topological polar surface area (TPSA) is 50.4 Å². The van der Waals surface area contributed by atoms with E-state index in [-0.39, 0.29) is 18.1 Å². The molecule has 4 nitrogen and oxygen atoms in total. The van der Waals surface area contributed by atoms with Crippen LogP contribution in [0, 0.1) is 0 Å². The number of rotatable bonds is 6. The monoisotopic (exact) mass is 308 g/mol. The summed E-state index contributed by atoms with van der Waals surface area (Å²) in [5, 5.41) is 6.35. The molecule has 1 aromatic rings. The zero-order valence-electron chi connectivity index (χ0n) is 12.7. The largest absolute Gasteiger partial charge is 0.374 e. The SMILES string of the molecule is CC(C)OCc1cccc(NC(=O)CC2CSCCN2)c1. The molecule has 21 heavy (non-hydrogen) atoms. The molecule has 2 rings (SSSR count). The molecule has 1 aliphatic rings. The molecule has 0 aliphatic carbocycles. The maximum atomic E-state index is 12.1. The highest BCUT2D eigenvalue weighted by molar-refractivity contribution is 7.99. The van der Waals surface area contributed by atoms with Crippen LogP contribution in [0.25, 0.3) is 0 Å². The number of anilines is 1. The van der Waals surface area contributed by atoms with Gasteiger partial charge in [-0.25, -0.2) is 0 Å². The Hall–Kier alpha value is -1.04. The van der Waals surface area contributed by atoms with E-state index in [0.717, 1.165) is 29.3 Å². The van der Waals surface area contributed by atoms with E-state index in [4.69, 9.17) is 4.74 Å². The van der Waals surface area contributed by atoms with Crippen LogP contribution >= 0.6 is 11.8 Å². The van der Waals surface area contributed by atoms with Gasteiger partial charge in [-0.1, -0.05) is 12.1 Å². The predicted octanol–water partition coefficient (Wildman–Crippen LogP) is 2.65. The lowest BCUT2D eigenvalue weighted by atomic mass is 10.2. The molecule has 116 valence electrons. The summed E-state index contributed by atoms with van der Waals surface area (Å²) in [6.45, 7) is 5.59. The fourth-order valence-electron chi connectivity index (χ4n) is 2.19. The zero-order valence-corrected chi connectivity index (χ0v) is 13.5. The summed E-state index contributed by atoms with van der Waals surface area (Å²) in [6.07, 6.45) is 0.734. The Bertz CT molecular complexity index is 459. The number of nitrogens with one attached hydrogen (secondary N) is 2. The van der Waals surface area contributed by atoms with Crippen LogP contribution < -0.4 is 10.6 Å². The number of carbonyl (C=O) groups excluding carboxylic acids is 1. The molecule has 0 saturated carbocycles. The van der Waals surface area contributed by atoms with Gasteiger partial charge in [0.15, 0.2) is 0 Å². The Labute approximate surface area is 131 Å². The predicted molar refractivity (Wildman–Crippen MR) is 88.7 cm³/mol. The molecule has 0 aromatic heterocycles. The molecular weight excluding hydrogens is 284 g/mol. The Balaban J connectivity index is 1.83. The van der Waals surface area contributed by atoms with Crippen LogP contribution in [-0.4, -0.2) is 36.1 Å². The second-order valence-corrected chi connectivity index (χ2v) is 6.69. The molecule has 1 unspecified atom stereocenters. The summed E-state index contributed by atoms with van der Waals surface area (Å²) in [5.74, 6) is 2.21. The molecule has 1 aliphatic heterocycles.